The molecule has 35 heavy (non-hydrogen) atoms. The van der Waals surface area contributed by atoms with E-state index < -0.39 is 11.7 Å². The second kappa shape index (κ2) is 12.2. The standard InChI is InChI=1S/C28H35N3O4/c1-28(2,3)35-27(34)29-20-25(32)30-23(16-15-21-10-5-4-6-11-21)17-18-26(33)31-19-9-13-22-12-7-8-14-24(22)31/h4-8,10-12,14,17-18,23H,9,13,15-16,19-20H2,1-3H3,(H,29,34)(H,30,32)/b18-17+/t23-/m0/s1. The fraction of sp³-hybridized carbons (Fsp3) is 0.393. The van der Waals surface area contributed by atoms with E-state index in [0.29, 0.717) is 13.0 Å². The molecule has 2 aromatic rings. The smallest absolute Gasteiger partial charge is 0.408 e. The fourth-order valence-electron chi connectivity index (χ4n) is 3.96. The Hall–Kier alpha value is -3.61. The number of nitrogens with one attached hydrogen (secondary N) is 2. The van der Waals surface area contributed by atoms with Crippen molar-refractivity contribution in [2.75, 3.05) is 18.0 Å². The lowest BCUT2D eigenvalue weighted by atomic mass is 10.0. The third kappa shape index (κ3) is 8.59. The number of nitrogens with zero attached hydrogens (tertiary/aromatic N) is 1. The van der Waals surface area contributed by atoms with Crippen molar-refractivity contribution in [3.63, 3.8) is 0 Å². The Morgan fingerprint density at radius 1 is 1.06 bits per heavy atom. The van der Waals surface area contributed by atoms with Crippen molar-refractivity contribution >= 4 is 23.6 Å². The summed E-state index contributed by atoms with van der Waals surface area (Å²) in [7, 11) is 0. The van der Waals surface area contributed by atoms with Crippen molar-refractivity contribution in [1.82, 2.24) is 10.6 Å². The average molecular weight is 478 g/mol. The molecule has 186 valence electrons. The molecular formula is C28H35N3O4. The van der Waals surface area contributed by atoms with Crippen LogP contribution in [0, 0.1) is 0 Å². The Labute approximate surface area is 207 Å². The topological polar surface area (TPSA) is 87.7 Å². The summed E-state index contributed by atoms with van der Waals surface area (Å²) >= 11 is 0. The molecule has 3 rings (SSSR count). The number of carbonyl (C=O) groups excluding carboxylic acids is 3. The fourth-order valence-corrected chi connectivity index (χ4v) is 3.96. The lowest BCUT2D eigenvalue weighted by molar-refractivity contribution is -0.120. The second-order valence-corrected chi connectivity index (χ2v) is 9.63. The SMILES string of the molecule is CC(C)(C)OC(=O)NCC(=O)N[C@H](/C=C/C(=O)N1CCCc2ccccc21)CCc1ccccc1. The molecule has 0 fully saturated rings. The van der Waals surface area contributed by atoms with Gasteiger partial charge in [0, 0.05) is 24.4 Å². The molecule has 3 amide bonds. The molecule has 0 spiro atoms. The van der Waals surface area contributed by atoms with Gasteiger partial charge in [-0.15, -0.1) is 0 Å². The van der Waals surface area contributed by atoms with Crippen molar-refractivity contribution < 1.29 is 19.1 Å². The molecule has 0 unspecified atom stereocenters. The number of hydrogen-bond donors (Lipinski definition) is 2. The van der Waals surface area contributed by atoms with Crippen LogP contribution >= 0.6 is 0 Å². The molecule has 7 nitrogen and oxygen atoms in total. The van der Waals surface area contributed by atoms with E-state index >= 15 is 0 Å². The van der Waals surface area contributed by atoms with Gasteiger partial charge >= 0.3 is 6.09 Å². The molecule has 1 aliphatic heterocycles. The highest BCUT2D eigenvalue weighted by Gasteiger charge is 2.21. The summed E-state index contributed by atoms with van der Waals surface area (Å²) in [6.45, 7) is 5.73. The molecule has 0 aromatic heterocycles. The first-order valence-corrected chi connectivity index (χ1v) is 12.1. The third-order valence-corrected chi connectivity index (χ3v) is 5.57. The molecule has 1 aliphatic rings. The number of ether oxygens (including phenoxy) is 1. The normalized spacial score (nSPS) is 14.2. The Bertz CT molecular complexity index is 1040. The van der Waals surface area contributed by atoms with Gasteiger partial charge in [-0.2, -0.15) is 0 Å². The molecule has 1 atom stereocenters. The zero-order valence-corrected chi connectivity index (χ0v) is 20.8. The number of aryl methyl sites for hydroxylation is 2. The first kappa shape index (κ1) is 26.0. The Kier molecular flexibility index (Phi) is 9.06. The van der Waals surface area contributed by atoms with Crippen LogP contribution in [-0.4, -0.2) is 42.6 Å². The minimum absolute atomic E-state index is 0.108. The number of alkyl carbamates (subject to hydrolysis) is 1. The van der Waals surface area contributed by atoms with Crippen LogP contribution in [0.1, 0.15) is 44.7 Å². The maximum Gasteiger partial charge on any atom is 0.408 e. The van der Waals surface area contributed by atoms with Gasteiger partial charge in [0.1, 0.15) is 12.1 Å². The average Bonchev–Trinajstić information content (AvgIpc) is 2.83. The van der Waals surface area contributed by atoms with Crippen LogP contribution in [0.3, 0.4) is 0 Å². The van der Waals surface area contributed by atoms with Crippen LogP contribution < -0.4 is 15.5 Å². The summed E-state index contributed by atoms with van der Waals surface area (Å²) in [5.41, 5.74) is 2.61. The van der Waals surface area contributed by atoms with E-state index in [9.17, 15) is 14.4 Å². The maximum absolute atomic E-state index is 13.0. The van der Waals surface area contributed by atoms with Crippen LogP contribution in [0.5, 0.6) is 0 Å². The Balaban J connectivity index is 1.64. The van der Waals surface area contributed by atoms with E-state index in [1.54, 1.807) is 37.8 Å². The lowest BCUT2D eigenvalue weighted by Crippen LogP contribution is -2.43. The highest BCUT2D eigenvalue weighted by Crippen LogP contribution is 2.26. The molecule has 0 bridgehead atoms. The number of benzene rings is 2. The van der Waals surface area contributed by atoms with Crippen molar-refractivity contribution in [1.29, 1.82) is 0 Å². The predicted octanol–water partition coefficient (Wildman–Crippen LogP) is 4.16. The number of anilines is 1. The maximum atomic E-state index is 13.0. The van der Waals surface area contributed by atoms with Crippen molar-refractivity contribution in [3.8, 4) is 0 Å². The highest BCUT2D eigenvalue weighted by atomic mass is 16.6. The van der Waals surface area contributed by atoms with E-state index in [1.165, 1.54) is 5.56 Å². The summed E-state index contributed by atoms with van der Waals surface area (Å²) in [6, 6.07) is 17.5. The molecule has 2 aromatic carbocycles. The molecule has 7 heteroatoms. The third-order valence-electron chi connectivity index (χ3n) is 5.57. The van der Waals surface area contributed by atoms with E-state index in [1.807, 2.05) is 48.5 Å². The Morgan fingerprint density at radius 3 is 2.51 bits per heavy atom. The summed E-state index contributed by atoms with van der Waals surface area (Å²) < 4.78 is 5.18. The quantitative estimate of drug-likeness (QED) is 0.559. The van der Waals surface area contributed by atoms with Gasteiger partial charge in [-0.05, 0) is 63.6 Å². The molecule has 0 saturated carbocycles. The van der Waals surface area contributed by atoms with Gasteiger partial charge in [-0.3, -0.25) is 9.59 Å². The van der Waals surface area contributed by atoms with Crippen molar-refractivity contribution in [3.05, 3.63) is 77.9 Å². The summed E-state index contributed by atoms with van der Waals surface area (Å²) in [6.07, 6.45) is 5.86. The first-order valence-electron chi connectivity index (χ1n) is 12.1. The summed E-state index contributed by atoms with van der Waals surface area (Å²) in [4.78, 5) is 39.2. The van der Waals surface area contributed by atoms with E-state index in [0.717, 1.165) is 30.5 Å². The first-order chi connectivity index (χ1) is 16.7. The molecule has 0 saturated heterocycles. The van der Waals surface area contributed by atoms with E-state index in [2.05, 4.69) is 16.7 Å². The largest absolute Gasteiger partial charge is 0.444 e. The van der Waals surface area contributed by atoms with E-state index in [-0.39, 0.29) is 24.4 Å². The van der Waals surface area contributed by atoms with Crippen LogP contribution in [0.4, 0.5) is 10.5 Å². The van der Waals surface area contributed by atoms with Crippen LogP contribution in [0.15, 0.2) is 66.7 Å². The molecule has 0 aliphatic carbocycles. The predicted molar refractivity (Wildman–Crippen MR) is 137 cm³/mol. The molecule has 2 N–H and O–H groups in total. The van der Waals surface area contributed by atoms with Crippen LogP contribution in [0.25, 0.3) is 0 Å². The zero-order valence-electron chi connectivity index (χ0n) is 20.8. The Morgan fingerprint density at radius 2 is 1.77 bits per heavy atom. The highest BCUT2D eigenvalue weighted by molar-refractivity contribution is 6.02. The minimum atomic E-state index is -0.650. The summed E-state index contributed by atoms with van der Waals surface area (Å²) in [5, 5.41) is 5.39. The van der Waals surface area contributed by atoms with Gasteiger partial charge in [-0.1, -0.05) is 54.6 Å². The van der Waals surface area contributed by atoms with Gasteiger partial charge in [0.25, 0.3) is 5.91 Å². The van der Waals surface area contributed by atoms with Gasteiger partial charge < -0.3 is 20.3 Å². The van der Waals surface area contributed by atoms with Crippen molar-refractivity contribution in [2.45, 2.75) is 58.1 Å². The van der Waals surface area contributed by atoms with Gasteiger partial charge in [0.05, 0.1) is 0 Å². The molecular weight excluding hydrogens is 442 g/mol. The molecule has 1 heterocycles. The summed E-state index contributed by atoms with van der Waals surface area (Å²) in [5.74, 6) is -0.461. The number of rotatable bonds is 8. The second-order valence-electron chi connectivity index (χ2n) is 9.63. The monoisotopic (exact) mass is 477 g/mol. The molecule has 0 radical (unpaired) electrons. The van der Waals surface area contributed by atoms with Gasteiger partial charge in [0.15, 0.2) is 0 Å². The van der Waals surface area contributed by atoms with Crippen LogP contribution in [0.2, 0.25) is 0 Å². The minimum Gasteiger partial charge on any atom is -0.444 e. The number of hydrogen-bond acceptors (Lipinski definition) is 4. The number of carbonyl (C=O) groups is 3. The number of amides is 3. The zero-order chi connectivity index (χ0) is 25.3. The van der Waals surface area contributed by atoms with Gasteiger partial charge in [0.2, 0.25) is 5.91 Å². The number of para-hydroxylation sites is 1. The lowest BCUT2D eigenvalue weighted by Gasteiger charge is -2.28. The van der Waals surface area contributed by atoms with Gasteiger partial charge in [-0.25, -0.2) is 4.79 Å². The number of fused-ring (bicyclic) bond motifs is 1. The van der Waals surface area contributed by atoms with Crippen LogP contribution in [-0.2, 0) is 27.2 Å². The van der Waals surface area contributed by atoms with E-state index in [4.69, 9.17) is 4.74 Å². The van der Waals surface area contributed by atoms with Crippen molar-refractivity contribution in [2.24, 2.45) is 0 Å².